The lowest BCUT2D eigenvalue weighted by molar-refractivity contribution is -0.147. The predicted molar refractivity (Wildman–Crippen MR) is 85.3 cm³/mol. The van der Waals surface area contributed by atoms with Gasteiger partial charge in [-0.25, -0.2) is 4.79 Å². The number of carbonyl (C=O) groups is 2. The normalized spacial score (nSPS) is 21.0. The Balaban J connectivity index is 1.79. The van der Waals surface area contributed by atoms with Crippen molar-refractivity contribution in [1.82, 2.24) is 0 Å². The smallest absolute Gasteiger partial charge is 0.330 e. The molecule has 0 atom stereocenters. The molecule has 2 rings (SSSR count). The van der Waals surface area contributed by atoms with Crippen LogP contribution < -0.4 is 9.47 Å². The second-order valence-electron chi connectivity index (χ2n) is 5.51. The molecule has 5 heteroatoms. The van der Waals surface area contributed by atoms with Crippen LogP contribution in [-0.2, 0) is 14.3 Å². The average molecular weight is 318 g/mol. The Bertz CT molecular complexity index is 553. The van der Waals surface area contributed by atoms with Gasteiger partial charge in [-0.2, -0.15) is 0 Å². The number of ether oxygens (including phenoxy) is 3. The fraction of sp³-hybridized carbons (Fsp3) is 0.444. The van der Waals surface area contributed by atoms with Crippen LogP contribution in [0.1, 0.15) is 32.6 Å². The molecule has 1 aliphatic carbocycles. The molecule has 0 N–H and O–H groups in total. The van der Waals surface area contributed by atoms with Crippen LogP contribution in [0.5, 0.6) is 11.5 Å². The van der Waals surface area contributed by atoms with Crippen LogP contribution in [0.4, 0.5) is 0 Å². The van der Waals surface area contributed by atoms with Crippen molar-refractivity contribution in [2.45, 2.75) is 38.7 Å². The summed E-state index contributed by atoms with van der Waals surface area (Å²) in [5.41, 5.74) is 0. The van der Waals surface area contributed by atoms with Crippen molar-refractivity contribution in [1.29, 1.82) is 0 Å². The Labute approximate surface area is 136 Å². The fourth-order valence-electron chi connectivity index (χ4n) is 2.60. The number of esters is 2. The predicted octanol–water partition coefficient (Wildman–Crippen LogP) is 3.28. The maximum absolute atomic E-state index is 12.2. The first-order valence-electron chi connectivity index (χ1n) is 7.81. The van der Waals surface area contributed by atoms with Crippen molar-refractivity contribution < 1.29 is 23.8 Å². The first kappa shape index (κ1) is 17.1. The zero-order valence-corrected chi connectivity index (χ0v) is 13.5. The van der Waals surface area contributed by atoms with E-state index in [1.165, 1.54) is 6.08 Å². The van der Waals surface area contributed by atoms with E-state index in [1.54, 1.807) is 44.4 Å². The Morgan fingerprint density at radius 1 is 1.04 bits per heavy atom. The maximum Gasteiger partial charge on any atom is 0.330 e. The highest BCUT2D eigenvalue weighted by Gasteiger charge is 2.29. The number of benzene rings is 1. The van der Waals surface area contributed by atoms with E-state index < -0.39 is 0 Å². The van der Waals surface area contributed by atoms with E-state index in [4.69, 9.17) is 14.2 Å². The molecule has 23 heavy (non-hydrogen) atoms. The van der Waals surface area contributed by atoms with Crippen molar-refractivity contribution in [2.75, 3.05) is 7.11 Å². The molecule has 124 valence electrons. The van der Waals surface area contributed by atoms with Gasteiger partial charge in [0.15, 0.2) is 0 Å². The van der Waals surface area contributed by atoms with Gasteiger partial charge in [0.2, 0.25) is 0 Å². The van der Waals surface area contributed by atoms with Crippen molar-refractivity contribution >= 4 is 11.9 Å². The van der Waals surface area contributed by atoms with Crippen LogP contribution >= 0.6 is 0 Å². The molecule has 0 spiro atoms. The Hall–Kier alpha value is -2.30. The highest BCUT2D eigenvalue weighted by molar-refractivity contribution is 5.82. The van der Waals surface area contributed by atoms with Crippen molar-refractivity contribution in [3.63, 3.8) is 0 Å². The summed E-state index contributed by atoms with van der Waals surface area (Å²) in [5, 5.41) is 0. The highest BCUT2D eigenvalue weighted by atomic mass is 16.5. The van der Waals surface area contributed by atoms with Crippen LogP contribution in [0.2, 0.25) is 0 Å². The van der Waals surface area contributed by atoms with Crippen LogP contribution in [-0.4, -0.2) is 25.2 Å². The minimum absolute atomic E-state index is 0.108. The quantitative estimate of drug-likeness (QED) is 0.474. The topological polar surface area (TPSA) is 61.8 Å². The standard InChI is InChI=1S/C18H22O5/c1-3-4-17(19)22-15-7-5-13(6-8-15)18(20)23-16-11-9-14(21-2)10-12-16/h3-4,9-13,15H,5-8H2,1-2H3/t13-,15-. The Morgan fingerprint density at radius 2 is 1.65 bits per heavy atom. The maximum atomic E-state index is 12.2. The average Bonchev–Trinajstić information content (AvgIpc) is 2.56. The molecule has 0 aromatic heterocycles. The van der Waals surface area contributed by atoms with Gasteiger partial charge < -0.3 is 14.2 Å². The van der Waals surface area contributed by atoms with Crippen LogP contribution in [0, 0.1) is 5.92 Å². The van der Waals surface area contributed by atoms with Gasteiger partial charge in [-0.1, -0.05) is 6.08 Å². The van der Waals surface area contributed by atoms with Gasteiger partial charge in [0.25, 0.3) is 0 Å². The first-order chi connectivity index (χ1) is 11.1. The third-order valence-corrected chi connectivity index (χ3v) is 3.87. The van der Waals surface area contributed by atoms with Gasteiger partial charge in [0.1, 0.15) is 17.6 Å². The Kier molecular flexibility index (Phi) is 6.20. The molecule has 1 aromatic carbocycles. The summed E-state index contributed by atoms with van der Waals surface area (Å²) >= 11 is 0. The molecule has 1 saturated carbocycles. The van der Waals surface area contributed by atoms with E-state index >= 15 is 0 Å². The number of hydrogen-bond donors (Lipinski definition) is 0. The van der Waals surface area contributed by atoms with Crippen LogP contribution in [0.25, 0.3) is 0 Å². The molecule has 0 aliphatic heterocycles. The summed E-state index contributed by atoms with van der Waals surface area (Å²) < 4.78 is 15.8. The van der Waals surface area contributed by atoms with E-state index in [9.17, 15) is 9.59 Å². The molecule has 5 nitrogen and oxygen atoms in total. The summed E-state index contributed by atoms with van der Waals surface area (Å²) in [6.07, 6.45) is 5.66. The van der Waals surface area contributed by atoms with E-state index in [-0.39, 0.29) is 24.0 Å². The monoisotopic (exact) mass is 318 g/mol. The van der Waals surface area contributed by atoms with E-state index in [0.717, 1.165) is 0 Å². The summed E-state index contributed by atoms with van der Waals surface area (Å²) in [6, 6.07) is 6.92. The van der Waals surface area contributed by atoms with Crippen LogP contribution in [0.15, 0.2) is 36.4 Å². The molecule has 0 bridgehead atoms. The second-order valence-corrected chi connectivity index (χ2v) is 5.51. The third-order valence-electron chi connectivity index (χ3n) is 3.87. The van der Waals surface area contributed by atoms with E-state index in [1.807, 2.05) is 0 Å². The van der Waals surface area contributed by atoms with Gasteiger partial charge in [-0.05, 0) is 56.9 Å². The zero-order chi connectivity index (χ0) is 16.7. The van der Waals surface area contributed by atoms with Crippen molar-refractivity contribution in [2.24, 2.45) is 5.92 Å². The lowest BCUT2D eigenvalue weighted by Crippen LogP contribution is -2.29. The lowest BCUT2D eigenvalue weighted by atomic mass is 9.87. The number of hydrogen-bond acceptors (Lipinski definition) is 5. The summed E-state index contributed by atoms with van der Waals surface area (Å²) in [7, 11) is 1.59. The van der Waals surface area contributed by atoms with Crippen molar-refractivity contribution in [3.05, 3.63) is 36.4 Å². The molecule has 0 amide bonds. The molecule has 0 unspecified atom stereocenters. The minimum Gasteiger partial charge on any atom is -0.497 e. The molecule has 1 aliphatic rings. The number of rotatable bonds is 5. The van der Waals surface area contributed by atoms with Gasteiger partial charge in [-0.15, -0.1) is 0 Å². The zero-order valence-electron chi connectivity index (χ0n) is 13.5. The third kappa shape index (κ3) is 5.13. The Morgan fingerprint density at radius 3 is 2.22 bits per heavy atom. The first-order valence-corrected chi connectivity index (χ1v) is 7.81. The minimum atomic E-state index is -0.322. The molecular weight excluding hydrogens is 296 g/mol. The lowest BCUT2D eigenvalue weighted by Gasteiger charge is -2.26. The van der Waals surface area contributed by atoms with Gasteiger partial charge in [-0.3, -0.25) is 4.79 Å². The van der Waals surface area contributed by atoms with E-state index in [2.05, 4.69) is 0 Å². The van der Waals surface area contributed by atoms with Gasteiger partial charge in [0, 0.05) is 6.08 Å². The van der Waals surface area contributed by atoms with E-state index in [0.29, 0.717) is 37.2 Å². The SMILES string of the molecule is CC=CC(=O)O[C@H]1CC[C@H](C(=O)Oc2ccc(OC)cc2)CC1. The highest BCUT2D eigenvalue weighted by Crippen LogP contribution is 2.28. The molecular formula is C18H22O5. The molecule has 0 heterocycles. The summed E-state index contributed by atoms with van der Waals surface area (Å²) in [6.45, 7) is 1.77. The molecule has 1 aromatic rings. The van der Waals surface area contributed by atoms with Gasteiger partial charge >= 0.3 is 11.9 Å². The fourth-order valence-corrected chi connectivity index (χ4v) is 2.60. The molecule has 1 fully saturated rings. The second kappa shape index (κ2) is 8.36. The van der Waals surface area contributed by atoms with Gasteiger partial charge in [0.05, 0.1) is 13.0 Å². The largest absolute Gasteiger partial charge is 0.497 e. The molecule has 0 radical (unpaired) electrons. The number of carbonyl (C=O) groups excluding carboxylic acids is 2. The van der Waals surface area contributed by atoms with Crippen LogP contribution in [0.3, 0.4) is 0 Å². The van der Waals surface area contributed by atoms with Crippen molar-refractivity contribution in [3.8, 4) is 11.5 Å². The summed E-state index contributed by atoms with van der Waals surface area (Å²) in [5.74, 6) is 0.532. The number of allylic oxidation sites excluding steroid dienone is 1. The molecule has 0 saturated heterocycles. The number of methoxy groups -OCH3 is 1. The summed E-state index contributed by atoms with van der Waals surface area (Å²) in [4.78, 5) is 23.6.